The summed E-state index contributed by atoms with van der Waals surface area (Å²) in [6.45, 7) is 5.84. The Morgan fingerprint density at radius 2 is 1.88 bits per heavy atom. The van der Waals surface area contributed by atoms with E-state index < -0.39 is 12.0 Å². The van der Waals surface area contributed by atoms with Gasteiger partial charge in [0.25, 0.3) is 0 Å². The van der Waals surface area contributed by atoms with Crippen LogP contribution in [0.25, 0.3) is 0 Å². The highest BCUT2D eigenvalue weighted by molar-refractivity contribution is 5.82. The van der Waals surface area contributed by atoms with Crippen LogP contribution in [-0.4, -0.2) is 41.0 Å². The van der Waals surface area contributed by atoms with Crippen molar-refractivity contribution in [2.45, 2.75) is 45.6 Å². The number of carboxylic acid groups (broad SMARTS) is 1. The molecule has 1 aliphatic rings. The van der Waals surface area contributed by atoms with Crippen molar-refractivity contribution in [2.24, 2.45) is 11.1 Å². The second-order valence-electron chi connectivity index (χ2n) is 5.53. The van der Waals surface area contributed by atoms with Crippen molar-refractivity contribution in [1.29, 1.82) is 0 Å². The molecule has 5 nitrogen and oxygen atoms in total. The van der Waals surface area contributed by atoms with Crippen LogP contribution in [-0.2, 0) is 9.59 Å². The molecule has 0 spiro atoms. The van der Waals surface area contributed by atoms with E-state index in [9.17, 15) is 9.59 Å². The average molecular weight is 242 g/mol. The number of nitrogens with two attached hydrogens (primary N) is 1. The normalized spacial score (nSPS) is 21.0. The van der Waals surface area contributed by atoms with Crippen molar-refractivity contribution in [3.8, 4) is 0 Å². The van der Waals surface area contributed by atoms with Gasteiger partial charge in [-0.05, 0) is 24.7 Å². The van der Waals surface area contributed by atoms with E-state index in [0.717, 1.165) is 25.9 Å². The molecular formula is C12H22N2O3. The summed E-state index contributed by atoms with van der Waals surface area (Å²) in [6.07, 6.45) is 2.12. The van der Waals surface area contributed by atoms with Crippen LogP contribution in [0.2, 0.25) is 0 Å². The number of carboxylic acids is 1. The Bertz CT molecular complexity index is 292. The summed E-state index contributed by atoms with van der Waals surface area (Å²) in [5.41, 5.74) is 6.00. The van der Waals surface area contributed by atoms with Crippen LogP contribution in [0, 0.1) is 5.41 Å². The summed E-state index contributed by atoms with van der Waals surface area (Å²) in [5, 5.41) is 8.54. The largest absolute Gasteiger partial charge is 0.481 e. The lowest BCUT2D eigenvalue weighted by Gasteiger charge is -2.37. The summed E-state index contributed by atoms with van der Waals surface area (Å²) in [5.74, 6) is -1.02. The van der Waals surface area contributed by atoms with E-state index in [1.54, 1.807) is 4.90 Å². The van der Waals surface area contributed by atoms with Gasteiger partial charge >= 0.3 is 5.97 Å². The number of aliphatic carboxylic acids is 1. The number of rotatable bonds is 4. The molecule has 1 aliphatic heterocycles. The molecule has 0 bridgehead atoms. The molecule has 0 aromatic carbocycles. The van der Waals surface area contributed by atoms with Gasteiger partial charge in [0.05, 0.1) is 6.04 Å². The van der Waals surface area contributed by atoms with E-state index in [2.05, 4.69) is 13.8 Å². The van der Waals surface area contributed by atoms with E-state index in [1.807, 2.05) is 0 Å². The first-order valence-electron chi connectivity index (χ1n) is 6.08. The van der Waals surface area contributed by atoms with Crippen LogP contribution in [0.15, 0.2) is 0 Å². The number of amides is 1. The van der Waals surface area contributed by atoms with Gasteiger partial charge in [0.15, 0.2) is 0 Å². The van der Waals surface area contributed by atoms with Gasteiger partial charge < -0.3 is 15.7 Å². The second-order valence-corrected chi connectivity index (χ2v) is 5.53. The molecule has 1 unspecified atom stereocenters. The SMILES string of the molecule is CC1(C)CCN(C(=O)C(N)CCC(=O)O)CC1. The maximum Gasteiger partial charge on any atom is 0.303 e. The Morgan fingerprint density at radius 1 is 1.35 bits per heavy atom. The lowest BCUT2D eigenvalue weighted by molar-refractivity contribution is -0.138. The molecule has 0 saturated carbocycles. The maximum absolute atomic E-state index is 11.9. The molecule has 1 saturated heterocycles. The van der Waals surface area contributed by atoms with Gasteiger partial charge in [-0.1, -0.05) is 13.8 Å². The molecule has 0 radical (unpaired) electrons. The summed E-state index contributed by atoms with van der Waals surface area (Å²) in [6, 6.07) is -0.674. The predicted octanol–water partition coefficient (Wildman–Crippen LogP) is 0.827. The van der Waals surface area contributed by atoms with Crippen molar-refractivity contribution in [3.05, 3.63) is 0 Å². The first kappa shape index (κ1) is 14.0. The number of carbonyl (C=O) groups excluding carboxylic acids is 1. The van der Waals surface area contributed by atoms with Crippen LogP contribution >= 0.6 is 0 Å². The number of hydrogen-bond acceptors (Lipinski definition) is 3. The monoisotopic (exact) mass is 242 g/mol. The van der Waals surface area contributed by atoms with Crippen LogP contribution in [0.3, 0.4) is 0 Å². The molecule has 98 valence electrons. The predicted molar refractivity (Wildman–Crippen MR) is 64.4 cm³/mol. The Labute approximate surface area is 102 Å². The summed E-state index contributed by atoms with van der Waals surface area (Å²) in [4.78, 5) is 24.1. The smallest absolute Gasteiger partial charge is 0.303 e. The van der Waals surface area contributed by atoms with Crippen LogP contribution in [0.4, 0.5) is 0 Å². The molecule has 0 aliphatic carbocycles. The van der Waals surface area contributed by atoms with Crippen molar-refractivity contribution < 1.29 is 14.7 Å². The third-order valence-corrected chi connectivity index (χ3v) is 3.42. The van der Waals surface area contributed by atoms with E-state index in [4.69, 9.17) is 10.8 Å². The van der Waals surface area contributed by atoms with Crippen molar-refractivity contribution in [3.63, 3.8) is 0 Å². The third kappa shape index (κ3) is 4.34. The standard InChI is InChI=1S/C12H22N2O3/c1-12(2)5-7-14(8-6-12)11(17)9(13)3-4-10(15)16/h9H,3-8,13H2,1-2H3,(H,15,16). The molecule has 1 heterocycles. The molecule has 17 heavy (non-hydrogen) atoms. The Kier molecular flexibility index (Phi) is 4.51. The highest BCUT2D eigenvalue weighted by Crippen LogP contribution is 2.29. The molecule has 1 atom stereocenters. The zero-order valence-electron chi connectivity index (χ0n) is 10.6. The maximum atomic E-state index is 11.9. The zero-order chi connectivity index (χ0) is 13.1. The fraction of sp³-hybridized carbons (Fsp3) is 0.833. The average Bonchev–Trinajstić information content (AvgIpc) is 2.25. The quantitative estimate of drug-likeness (QED) is 0.764. The molecule has 1 fully saturated rings. The zero-order valence-corrected chi connectivity index (χ0v) is 10.6. The number of hydrogen-bond donors (Lipinski definition) is 2. The first-order chi connectivity index (χ1) is 7.82. The van der Waals surface area contributed by atoms with Gasteiger partial charge in [0.1, 0.15) is 0 Å². The Morgan fingerprint density at radius 3 is 2.35 bits per heavy atom. The molecule has 0 aromatic rings. The van der Waals surface area contributed by atoms with Crippen LogP contribution in [0.5, 0.6) is 0 Å². The molecular weight excluding hydrogens is 220 g/mol. The first-order valence-corrected chi connectivity index (χ1v) is 6.08. The number of nitrogens with zero attached hydrogens (tertiary/aromatic N) is 1. The lowest BCUT2D eigenvalue weighted by Crippen LogP contribution is -2.48. The summed E-state index contributed by atoms with van der Waals surface area (Å²) >= 11 is 0. The van der Waals surface area contributed by atoms with Crippen LogP contribution < -0.4 is 5.73 Å². The third-order valence-electron chi connectivity index (χ3n) is 3.42. The van der Waals surface area contributed by atoms with Gasteiger partial charge in [-0.3, -0.25) is 9.59 Å². The number of piperidine rings is 1. The molecule has 5 heteroatoms. The minimum atomic E-state index is -0.909. The number of likely N-dealkylation sites (tertiary alicyclic amines) is 1. The van der Waals surface area contributed by atoms with Crippen LogP contribution in [0.1, 0.15) is 39.5 Å². The highest BCUT2D eigenvalue weighted by Gasteiger charge is 2.29. The van der Waals surface area contributed by atoms with Gasteiger partial charge in [-0.25, -0.2) is 0 Å². The van der Waals surface area contributed by atoms with Gasteiger partial charge in [-0.15, -0.1) is 0 Å². The molecule has 1 rings (SSSR count). The van der Waals surface area contributed by atoms with E-state index in [0.29, 0.717) is 5.41 Å². The van der Waals surface area contributed by atoms with Gasteiger partial charge in [0.2, 0.25) is 5.91 Å². The molecule has 0 aromatic heterocycles. The molecule has 3 N–H and O–H groups in total. The topological polar surface area (TPSA) is 83.6 Å². The minimum Gasteiger partial charge on any atom is -0.481 e. The van der Waals surface area contributed by atoms with Crippen molar-refractivity contribution in [1.82, 2.24) is 4.90 Å². The fourth-order valence-electron chi connectivity index (χ4n) is 1.97. The van der Waals surface area contributed by atoms with E-state index in [-0.39, 0.29) is 18.7 Å². The second kappa shape index (κ2) is 5.49. The summed E-state index contributed by atoms with van der Waals surface area (Å²) < 4.78 is 0. The van der Waals surface area contributed by atoms with Crippen molar-refractivity contribution >= 4 is 11.9 Å². The Balaban J connectivity index is 2.40. The minimum absolute atomic E-state index is 0.0494. The molecule has 1 amide bonds. The van der Waals surface area contributed by atoms with Gasteiger partial charge in [-0.2, -0.15) is 0 Å². The van der Waals surface area contributed by atoms with E-state index in [1.165, 1.54) is 0 Å². The summed E-state index contributed by atoms with van der Waals surface area (Å²) in [7, 11) is 0. The van der Waals surface area contributed by atoms with E-state index >= 15 is 0 Å². The highest BCUT2D eigenvalue weighted by atomic mass is 16.4. The lowest BCUT2D eigenvalue weighted by atomic mass is 9.82. The van der Waals surface area contributed by atoms with Crippen molar-refractivity contribution in [2.75, 3.05) is 13.1 Å². The van der Waals surface area contributed by atoms with Gasteiger partial charge in [0, 0.05) is 19.5 Å². The number of carbonyl (C=O) groups is 2. The Hall–Kier alpha value is -1.10. The fourth-order valence-corrected chi connectivity index (χ4v) is 1.97.